The molecular formula is C27H44O4. The average molecular weight is 433 g/mol. The maximum Gasteiger partial charge on any atom is 0.339 e. The molecule has 0 fully saturated rings. The maximum absolute atomic E-state index is 12.6. The van der Waals surface area contributed by atoms with Gasteiger partial charge in [-0.3, -0.25) is 0 Å². The van der Waals surface area contributed by atoms with Gasteiger partial charge in [-0.2, -0.15) is 0 Å². The number of esters is 1. The molecule has 1 aromatic rings. The first-order valence-corrected chi connectivity index (χ1v) is 12.4. The van der Waals surface area contributed by atoms with E-state index in [-0.39, 0.29) is 23.1 Å². The molecule has 0 aromatic heterocycles. The molecule has 0 aliphatic rings. The Balaban J connectivity index is 2.33. The van der Waals surface area contributed by atoms with E-state index in [2.05, 4.69) is 27.7 Å². The molecule has 0 aliphatic carbocycles. The standard InChI is InChI=1S/C27H44O4/c1-5-22(4)25(31-27(30)24-19-16-15-18-23(24)26(28)29)20-14-12-10-8-6-7-9-11-13-17-21(2)3/h15-16,18-19,21-22,25H,5-14,17,20H2,1-4H3,(H,28,29). The van der Waals surface area contributed by atoms with Gasteiger partial charge in [0.25, 0.3) is 0 Å². The van der Waals surface area contributed by atoms with Crippen LogP contribution >= 0.6 is 0 Å². The van der Waals surface area contributed by atoms with E-state index in [0.29, 0.717) is 0 Å². The zero-order chi connectivity index (χ0) is 23.1. The van der Waals surface area contributed by atoms with Gasteiger partial charge in [-0.15, -0.1) is 0 Å². The van der Waals surface area contributed by atoms with Gasteiger partial charge >= 0.3 is 11.9 Å². The lowest BCUT2D eigenvalue weighted by Gasteiger charge is -2.23. The molecule has 0 bridgehead atoms. The molecule has 1 rings (SSSR count). The first-order chi connectivity index (χ1) is 14.9. The number of carboxylic acid groups (broad SMARTS) is 1. The van der Waals surface area contributed by atoms with Gasteiger partial charge in [0.1, 0.15) is 6.10 Å². The predicted octanol–water partition coefficient (Wildman–Crippen LogP) is 7.90. The second-order valence-electron chi connectivity index (χ2n) is 9.33. The van der Waals surface area contributed by atoms with Crippen LogP contribution in [0.25, 0.3) is 0 Å². The molecule has 2 unspecified atom stereocenters. The van der Waals surface area contributed by atoms with Crippen molar-refractivity contribution in [2.75, 3.05) is 0 Å². The lowest BCUT2D eigenvalue weighted by Crippen LogP contribution is -2.26. The third-order valence-corrected chi connectivity index (χ3v) is 6.18. The highest BCUT2D eigenvalue weighted by atomic mass is 16.5. The molecule has 4 heteroatoms. The minimum atomic E-state index is -1.10. The highest BCUT2D eigenvalue weighted by Crippen LogP contribution is 2.22. The summed E-state index contributed by atoms with van der Waals surface area (Å²) in [7, 11) is 0. The Morgan fingerprint density at radius 2 is 1.29 bits per heavy atom. The summed E-state index contributed by atoms with van der Waals surface area (Å²) in [5.41, 5.74) is 0.135. The monoisotopic (exact) mass is 432 g/mol. The highest BCUT2D eigenvalue weighted by molar-refractivity contribution is 6.02. The summed E-state index contributed by atoms with van der Waals surface area (Å²) in [4.78, 5) is 24.0. The van der Waals surface area contributed by atoms with Gasteiger partial charge in [-0.05, 0) is 36.8 Å². The molecule has 2 atom stereocenters. The predicted molar refractivity (Wildman–Crippen MR) is 128 cm³/mol. The van der Waals surface area contributed by atoms with Crippen molar-refractivity contribution in [2.24, 2.45) is 11.8 Å². The van der Waals surface area contributed by atoms with E-state index in [1.54, 1.807) is 12.1 Å². The Morgan fingerprint density at radius 3 is 1.77 bits per heavy atom. The Bertz CT molecular complexity index is 638. The Kier molecular flexibility index (Phi) is 13.9. The normalized spacial score (nSPS) is 13.2. The summed E-state index contributed by atoms with van der Waals surface area (Å²) in [6, 6.07) is 6.27. The molecule has 4 nitrogen and oxygen atoms in total. The third kappa shape index (κ3) is 11.4. The van der Waals surface area contributed by atoms with E-state index >= 15 is 0 Å². The van der Waals surface area contributed by atoms with Gasteiger partial charge in [0.15, 0.2) is 0 Å². The highest BCUT2D eigenvalue weighted by Gasteiger charge is 2.24. The zero-order valence-electron chi connectivity index (χ0n) is 20.2. The van der Waals surface area contributed by atoms with E-state index < -0.39 is 11.9 Å². The van der Waals surface area contributed by atoms with Gasteiger partial charge in [0.05, 0.1) is 11.1 Å². The Morgan fingerprint density at radius 1 is 0.806 bits per heavy atom. The lowest BCUT2D eigenvalue weighted by molar-refractivity contribution is 0.0119. The summed E-state index contributed by atoms with van der Waals surface area (Å²) < 4.78 is 5.78. The van der Waals surface area contributed by atoms with E-state index in [1.165, 1.54) is 63.5 Å². The van der Waals surface area contributed by atoms with Crippen LogP contribution in [-0.4, -0.2) is 23.1 Å². The zero-order valence-corrected chi connectivity index (χ0v) is 20.2. The van der Waals surface area contributed by atoms with Crippen molar-refractivity contribution in [1.82, 2.24) is 0 Å². The summed E-state index contributed by atoms with van der Waals surface area (Å²) in [5.74, 6) is -0.550. The van der Waals surface area contributed by atoms with Crippen molar-refractivity contribution in [1.29, 1.82) is 0 Å². The summed E-state index contributed by atoms with van der Waals surface area (Å²) in [6.45, 7) is 8.78. The number of benzene rings is 1. The summed E-state index contributed by atoms with van der Waals surface area (Å²) in [5, 5.41) is 9.32. The molecular weight excluding hydrogens is 388 g/mol. The van der Waals surface area contributed by atoms with E-state index in [9.17, 15) is 14.7 Å². The molecule has 1 aromatic carbocycles. The molecule has 0 saturated heterocycles. The number of ether oxygens (including phenoxy) is 1. The Labute approximate surface area is 189 Å². The number of hydrogen-bond donors (Lipinski definition) is 1. The van der Waals surface area contributed by atoms with Crippen LogP contribution in [0.2, 0.25) is 0 Å². The minimum Gasteiger partial charge on any atom is -0.478 e. The number of hydrogen-bond acceptors (Lipinski definition) is 3. The quantitative estimate of drug-likeness (QED) is 0.201. The number of carbonyl (C=O) groups is 2. The number of aromatic carboxylic acids is 1. The third-order valence-electron chi connectivity index (χ3n) is 6.18. The lowest BCUT2D eigenvalue weighted by atomic mass is 9.95. The van der Waals surface area contributed by atoms with Crippen molar-refractivity contribution in [3.63, 3.8) is 0 Å². The topological polar surface area (TPSA) is 63.6 Å². The van der Waals surface area contributed by atoms with Crippen molar-refractivity contribution in [3.05, 3.63) is 35.4 Å². The fourth-order valence-corrected chi connectivity index (χ4v) is 3.91. The first-order valence-electron chi connectivity index (χ1n) is 12.4. The molecule has 0 heterocycles. The van der Waals surface area contributed by atoms with Crippen LogP contribution in [0.3, 0.4) is 0 Å². The number of carboxylic acids is 1. The molecule has 0 aliphatic heterocycles. The van der Waals surface area contributed by atoms with Crippen molar-refractivity contribution < 1.29 is 19.4 Å². The molecule has 0 saturated carbocycles. The summed E-state index contributed by atoms with van der Waals surface area (Å²) >= 11 is 0. The van der Waals surface area contributed by atoms with Crippen molar-refractivity contribution in [3.8, 4) is 0 Å². The van der Waals surface area contributed by atoms with E-state index in [4.69, 9.17) is 4.74 Å². The SMILES string of the molecule is CCC(C)C(CCCCCCCCCCCC(C)C)OC(=O)c1ccccc1C(=O)O. The smallest absolute Gasteiger partial charge is 0.339 e. The number of rotatable bonds is 17. The molecule has 0 spiro atoms. The fraction of sp³-hybridized carbons (Fsp3) is 0.704. The molecule has 176 valence electrons. The van der Waals surface area contributed by atoms with Crippen LogP contribution in [0.1, 0.15) is 125 Å². The number of unbranched alkanes of at least 4 members (excludes halogenated alkanes) is 8. The van der Waals surface area contributed by atoms with Crippen LogP contribution in [0.5, 0.6) is 0 Å². The van der Waals surface area contributed by atoms with Gasteiger partial charge in [-0.25, -0.2) is 9.59 Å². The van der Waals surface area contributed by atoms with Gasteiger partial charge < -0.3 is 9.84 Å². The van der Waals surface area contributed by atoms with E-state index in [1.807, 2.05) is 0 Å². The van der Waals surface area contributed by atoms with Crippen LogP contribution in [0, 0.1) is 11.8 Å². The Hall–Kier alpha value is -1.84. The largest absolute Gasteiger partial charge is 0.478 e. The van der Waals surface area contributed by atoms with Crippen molar-refractivity contribution >= 4 is 11.9 Å². The van der Waals surface area contributed by atoms with Crippen LogP contribution in [0.4, 0.5) is 0 Å². The minimum absolute atomic E-state index is 0.000364. The summed E-state index contributed by atoms with van der Waals surface area (Å²) in [6.07, 6.45) is 14.4. The van der Waals surface area contributed by atoms with Gasteiger partial charge in [0, 0.05) is 0 Å². The fourth-order valence-electron chi connectivity index (χ4n) is 3.91. The van der Waals surface area contributed by atoms with Gasteiger partial charge in [-0.1, -0.05) is 104 Å². The molecule has 1 N–H and O–H groups in total. The maximum atomic E-state index is 12.6. The average Bonchev–Trinajstić information content (AvgIpc) is 2.75. The number of carbonyl (C=O) groups excluding carboxylic acids is 1. The molecule has 0 radical (unpaired) electrons. The van der Waals surface area contributed by atoms with Crippen LogP contribution in [0.15, 0.2) is 24.3 Å². The second kappa shape index (κ2) is 15.9. The molecule has 0 amide bonds. The van der Waals surface area contributed by atoms with Gasteiger partial charge in [0.2, 0.25) is 0 Å². The molecule has 31 heavy (non-hydrogen) atoms. The first kappa shape index (κ1) is 27.2. The van der Waals surface area contributed by atoms with Crippen molar-refractivity contribution in [2.45, 2.75) is 111 Å². The van der Waals surface area contributed by atoms with Crippen LogP contribution in [-0.2, 0) is 4.74 Å². The van der Waals surface area contributed by atoms with E-state index in [0.717, 1.165) is 31.6 Å². The van der Waals surface area contributed by atoms with Crippen LogP contribution < -0.4 is 0 Å². The second-order valence-corrected chi connectivity index (χ2v) is 9.33.